The molecule has 0 radical (unpaired) electrons. The van der Waals surface area contributed by atoms with E-state index in [1.54, 1.807) is 24.3 Å². The molecule has 1 aromatic rings. The molecule has 0 bridgehead atoms. The molecule has 0 spiro atoms. The van der Waals surface area contributed by atoms with Crippen molar-refractivity contribution < 1.29 is 14.4 Å². The van der Waals surface area contributed by atoms with Crippen molar-refractivity contribution in [3.63, 3.8) is 0 Å². The molecule has 0 aliphatic heterocycles. The standard InChI is InChI=1S/C15H21N3O3/c1-4-9(2)13(14(16)20)18-15(21)11-7-5-6-8-12(11)17-10(3)19/h5-9,13H,4H2,1-3H3,(H2,16,20)(H,17,19)(H,18,21)/t9-,13-/m0/s1. The molecule has 6 nitrogen and oxygen atoms in total. The second-order valence-corrected chi connectivity index (χ2v) is 4.97. The average Bonchev–Trinajstić information content (AvgIpc) is 2.43. The van der Waals surface area contributed by atoms with E-state index in [2.05, 4.69) is 10.6 Å². The van der Waals surface area contributed by atoms with E-state index in [1.807, 2.05) is 13.8 Å². The minimum absolute atomic E-state index is 0.0700. The molecule has 0 heterocycles. The van der Waals surface area contributed by atoms with Crippen LogP contribution in [0.4, 0.5) is 5.69 Å². The quantitative estimate of drug-likeness (QED) is 0.735. The number of primary amides is 1. The highest BCUT2D eigenvalue weighted by atomic mass is 16.2. The van der Waals surface area contributed by atoms with Crippen molar-refractivity contribution in [2.45, 2.75) is 33.2 Å². The molecule has 3 amide bonds. The van der Waals surface area contributed by atoms with Gasteiger partial charge in [-0.25, -0.2) is 0 Å². The van der Waals surface area contributed by atoms with E-state index in [9.17, 15) is 14.4 Å². The van der Waals surface area contributed by atoms with Gasteiger partial charge in [0.1, 0.15) is 6.04 Å². The SMILES string of the molecule is CC[C@H](C)[C@H](NC(=O)c1ccccc1NC(C)=O)C(N)=O. The molecule has 4 N–H and O–H groups in total. The van der Waals surface area contributed by atoms with Crippen molar-refractivity contribution >= 4 is 23.4 Å². The average molecular weight is 291 g/mol. The fraction of sp³-hybridized carbons (Fsp3) is 0.400. The molecule has 0 unspecified atom stereocenters. The van der Waals surface area contributed by atoms with E-state index in [0.717, 1.165) is 0 Å². The highest BCUT2D eigenvalue weighted by Gasteiger charge is 2.25. The molecular formula is C15H21N3O3. The molecule has 6 heteroatoms. The van der Waals surface area contributed by atoms with Crippen LogP contribution in [0.2, 0.25) is 0 Å². The Hall–Kier alpha value is -2.37. The van der Waals surface area contributed by atoms with Crippen LogP contribution in [-0.2, 0) is 9.59 Å². The van der Waals surface area contributed by atoms with Crippen LogP contribution in [0.3, 0.4) is 0 Å². The zero-order chi connectivity index (χ0) is 16.0. The predicted octanol–water partition coefficient (Wildman–Crippen LogP) is 1.27. The molecule has 0 aliphatic carbocycles. The summed E-state index contributed by atoms with van der Waals surface area (Å²) >= 11 is 0. The highest BCUT2D eigenvalue weighted by Crippen LogP contribution is 2.16. The molecule has 0 saturated carbocycles. The van der Waals surface area contributed by atoms with E-state index >= 15 is 0 Å². The summed E-state index contributed by atoms with van der Waals surface area (Å²) in [5, 5.41) is 5.22. The zero-order valence-corrected chi connectivity index (χ0v) is 12.5. The zero-order valence-electron chi connectivity index (χ0n) is 12.5. The van der Waals surface area contributed by atoms with Crippen LogP contribution in [0.1, 0.15) is 37.6 Å². The first-order valence-corrected chi connectivity index (χ1v) is 6.83. The summed E-state index contributed by atoms with van der Waals surface area (Å²) < 4.78 is 0. The third kappa shape index (κ3) is 4.59. The summed E-state index contributed by atoms with van der Waals surface area (Å²) in [6.07, 6.45) is 0.710. The maximum Gasteiger partial charge on any atom is 0.254 e. The summed E-state index contributed by atoms with van der Waals surface area (Å²) in [6.45, 7) is 5.12. The number of rotatable bonds is 6. The largest absolute Gasteiger partial charge is 0.368 e. The summed E-state index contributed by atoms with van der Waals surface area (Å²) in [6, 6.07) is 5.85. The maximum atomic E-state index is 12.3. The predicted molar refractivity (Wildman–Crippen MR) is 80.6 cm³/mol. The van der Waals surface area contributed by atoms with Gasteiger partial charge in [0, 0.05) is 6.92 Å². The second-order valence-electron chi connectivity index (χ2n) is 4.97. The highest BCUT2D eigenvalue weighted by molar-refractivity contribution is 6.04. The van der Waals surface area contributed by atoms with E-state index < -0.39 is 17.9 Å². The Kier molecular flexibility index (Phi) is 5.90. The van der Waals surface area contributed by atoms with Crippen LogP contribution in [0.5, 0.6) is 0 Å². The van der Waals surface area contributed by atoms with Crippen molar-refractivity contribution in [1.82, 2.24) is 5.32 Å². The molecule has 0 saturated heterocycles. The van der Waals surface area contributed by atoms with Crippen LogP contribution in [0.25, 0.3) is 0 Å². The van der Waals surface area contributed by atoms with Gasteiger partial charge in [0.05, 0.1) is 11.3 Å². The van der Waals surface area contributed by atoms with Crippen LogP contribution < -0.4 is 16.4 Å². The van der Waals surface area contributed by atoms with E-state index in [4.69, 9.17) is 5.73 Å². The molecule has 1 rings (SSSR count). The van der Waals surface area contributed by atoms with Crippen LogP contribution in [0, 0.1) is 5.92 Å². The Bertz CT molecular complexity index is 543. The van der Waals surface area contributed by atoms with Crippen molar-refractivity contribution in [2.75, 3.05) is 5.32 Å². The smallest absolute Gasteiger partial charge is 0.254 e. The number of nitrogens with one attached hydrogen (secondary N) is 2. The number of hydrogen-bond donors (Lipinski definition) is 3. The van der Waals surface area contributed by atoms with E-state index in [1.165, 1.54) is 6.92 Å². The minimum atomic E-state index is -0.743. The maximum absolute atomic E-state index is 12.3. The van der Waals surface area contributed by atoms with Crippen LogP contribution in [-0.4, -0.2) is 23.8 Å². The van der Waals surface area contributed by atoms with Gasteiger partial charge in [-0.05, 0) is 18.1 Å². The molecule has 114 valence electrons. The Balaban J connectivity index is 2.97. The van der Waals surface area contributed by atoms with Gasteiger partial charge in [-0.15, -0.1) is 0 Å². The van der Waals surface area contributed by atoms with E-state index in [0.29, 0.717) is 17.7 Å². The third-order valence-corrected chi connectivity index (χ3v) is 3.29. The normalized spacial score (nSPS) is 13.1. The summed E-state index contributed by atoms with van der Waals surface area (Å²) in [5.74, 6) is -1.36. The van der Waals surface area contributed by atoms with Gasteiger partial charge in [0.2, 0.25) is 11.8 Å². The fourth-order valence-electron chi connectivity index (χ4n) is 1.93. The molecule has 2 atom stereocenters. The first-order valence-electron chi connectivity index (χ1n) is 6.83. The lowest BCUT2D eigenvalue weighted by Gasteiger charge is -2.21. The van der Waals surface area contributed by atoms with Gasteiger partial charge in [-0.2, -0.15) is 0 Å². The Labute approximate surface area is 124 Å². The van der Waals surface area contributed by atoms with Gasteiger partial charge < -0.3 is 16.4 Å². The van der Waals surface area contributed by atoms with Gasteiger partial charge in [-0.1, -0.05) is 32.4 Å². The number of para-hydroxylation sites is 1. The second kappa shape index (κ2) is 7.42. The lowest BCUT2D eigenvalue weighted by Crippen LogP contribution is -2.48. The molecular weight excluding hydrogens is 270 g/mol. The minimum Gasteiger partial charge on any atom is -0.368 e. The number of anilines is 1. The van der Waals surface area contributed by atoms with Gasteiger partial charge in [0.25, 0.3) is 5.91 Å². The topological polar surface area (TPSA) is 101 Å². The Morgan fingerprint density at radius 1 is 1.24 bits per heavy atom. The van der Waals surface area contributed by atoms with Crippen molar-refractivity contribution in [2.24, 2.45) is 11.7 Å². The number of carbonyl (C=O) groups is 3. The first kappa shape index (κ1) is 16.7. The molecule has 0 aromatic heterocycles. The summed E-state index contributed by atoms with van der Waals surface area (Å²) in [4.78, 5) is 34.9. The summed E-state index contributed by atoms with van der Waals surface area (Å²) in [5.41, 5.74) is 6.03. The number of hydrogen-bond acceptors (Lipinski definition) is 3. The van der Waals surface area contributed by atoms with Crippen molar-refractivity contribution in [1.29, 1.82) is 0 Å². The number of benzene rings is 1. The van der Waals surface area contributed by atoms with Gasteiger partial charge >= 0.3 is 0 Å². The van der Waals surface area contributed by atoms with Crippen LogP contribution >= 0.6 is 0 Å². The summed E-state index contributed by atoms with van der Waals surface area (Å²) in [7, 11) is 0. The number of amides is 3. The van der Waals surface area contributed by atoms with Gasteiger partial charge in [0.15, 0.2) is 0 Å². The fourth-order valence-corrected chi connectivity index (χ4v) is 1.93. The Morgan fingerprint density at radius 2 is 1.86 bits per heavy atom. The number of nitrogens with two attached hydrogens (primary N) is 1. The van der Waals surface area contributed by atoms with Crippen LogP contribution in [0.15, 0.2) is 24.3 Å². The third-order valence-electron chi connectivity index (χ3n) is 3.29. The van der Waals surface area contributed by atoms with Gasteiger partial charge in [-0.3, -0.25) is 14.4 Å². The molecule has 0 fully saturated rings. The van der Waals surface area contributed by atoms with Crippen molar-refractivity contribution in [3.05, 3.63) is 29.8 Å². The number of carbonyl (C=O) groups excluding carboxylic acids is 3. The van der Waals surface area contributed by atoms with E-state index in [-0.39, 0.29) is 11.8 Å². The lowest BCUT2D eigenvalue weighted by molar-refractivity contribution is -0.121. The monoisotopic (exact) mass is 291 g/mol. The molecule has 21 heavy (non-hydrogen) atoms. The Morgan fingerprint density at radius 3 is 2.38 bits per heavy atom. The molecule has 1 aromatic carbocycles. The molecule has 0 aliphatic rings. The van der Waals surface area contributed by atoms with Crippen molar-refractivity contribution in [3.8, 4) is 0 Å². The lowest BCUT2D eigenvalue weighted by atomic mass is 9.98. The first-order chi connectivity index (χ1) is 9.86.